The highest BCUT2D eigenvalue weighted by atomic mass is 19.4. The van der Waals surface area contributed by atoms with Crippen molar-refractivity contribution >= 4 is 17.0 Å². The lowest BCUT2D eigenvalue weighted by Gasteiger charge is -2.19. The summed E-state index contributed by atoms with van der Waals surface area (Å²) in [5, 5.41) is 3.81. The van der Waals surface area contributed by atoms with Gasteiger partial charge in [-0.05, 0) is 82.0 Å². The summed E-state index contributed by atoms with van der Waals surface area (Å²) in [7, 11) is 0. The Morgan fingerprint density at radius 2 is 1.75 bits per heavy atom. The van der Waals surface area contributed by atoms with Gasteiger partial charge in [-0.2, -0.15) is 0 Å². The second-order valence-electron chi connectivity index (χ2n) is 8.62. The van der Waals surface area contributed by atoms with E-state index >= 15 is 0 Å². The lowest BCUT2D eigenvalue weighted by Crippen LogP contribution is -2.33. The van der Waals surface area contributed by atoms with Crippen molar-refractivity contribution in [1.82, 2.24) is 9.88 Å². The number of hydrogen-bond acceptors (Lipinski definition) is 3. The van der Waals surface area contributed by atoms with E-state index in [1.54, 1.807) is 12.1 Å². The Balaban J connectivity index is 1.76. The number of benzene rings is 2. The fourth-order valence-corrected chi connectivity index (χ4v) is 3.41. The monoisotopic (exact) mass is 448 g/mol. The van der Waals surface area contributed by atoms with Gasteiger partial charge in [0.05, 0.1) is 5.52 Å². The minimum absolute atomic E-state index is 0.262. The van der Waals surface area contributed by atoms with Crippen LogP contribution in [0.2, 0.25) is 0 Å². The quantitative estimate of drug-likeness (QED) is 0.451. The third-order valence-electron chi connectivity index (χ3n) is 4.68. The van der Waals surface area contributed by atoms with Crippen molar-refractivity contribution in [3.05, 3.63) is 59.8 Å². The number of rotatable bonds is 6. The van der Waals surface area contributed by atoms with Crippen molar-refractivity contribution in [2.75, 3.05) is 6.54 Å². The molecule has 1 heterocycles. The molecule has 0 bridgehead atoms. The van der Waals surface area contributed by atoms with Gasteiger partial charge in [-0.15, -0.1) is 13.2 Å². The van der Waals surface area contributed by atoms with Crippen molar-refractivity contribution in [3.8, 4) is 11.4 Å². The molecule has 5 nitrogen and oxygen atoms in total. The molecule has 0 saturated heterocycles. The number of halogens is 3. The van der Waals surface area contributed by atoms with E-state index in [1.165, 1.54) is 12.1 Å². The van der Waals surface area contributed by atoms with E-state index in [1.807, 2.05) is 56.7 Å². The molecule has 0 aliphatic carbocycles. The zero-order valence-electron chi connectivity index (χ0n) is 18.5. The van der Waals surface area contributed by atoms with Crippen LogP contribution < -0.4 is 10.1 Å². The van der Waals surface area contributed by atoms with Crippen LogP contribution in [-0.2, 0) is 11.2 Å². The predicted octanol–water partition coefficient (Wildman–Crippen LogP) is 6.29. The molecule has 0 saturated carbocycles. The molecule has 8 heteroatoms. The first-order valence-corrected chi connectivity index (χ1v) is 10.3. The Hall–Kier alpha value is -3.16. The Kier molecular flexibility index (Phi) is 6.71. The summed E-state index contributed by atoms with van der Waals surface area (Å²) in [4.78, 5) is 11.8. The van der Waals surface area contributed by atoms with Crippen LogP contribution in [0.3, 0.4) is 0 Å². The SMILES string of the molecule is Cc1ccc2c(CCCNC(=O)OC(C)(C)C)cn(-c3ccc(OC(F)(F)F)cc3)c2c1. The van der Waals surface area contributed by atoms with Crippen molar-refractivity contribution in [2.45, 2.75) is 52.5 Å². The standard InChI is InChI=1S/C24H27F3N2O3/c1-16-7-12-20-17(6-5-13-28-22(30)32-23(2,3)4)15-29(21(20)14-16)18-8-10-19(11-9-18)31-24(25,26)27/h7-12,14-15H,5-6,13H2,1-4H3,(H,28,30). The van der Waals surface area contributed by atoms with Crippen molar-refractivity contribution in [3.63, 3.8) is 0 Å². The first-order chi connectivity index (χ1) is 14.9. The van der Waals surface area contributed by atoms with Crippen molar-refractivity contribution in [2.24, 2.45) is 0 Å². The summed E-state index contributed by atoms with van der Waals surface area (Å²) < 4.78 is 48.5. The largest absolute Gasteiger partial charge is 0.573 e. The molecule has 3 rings (SSSR count). The molecule has 0 fully saturated rings. The van der Waals surface area contributed by atoms with Crippen LogP contribution in [0.15, 0.2) is 48.7 Å². The zero-order valence-corrected chi connectivity index (χ0v) is 18.5. The molecule has 0 radical (unpaired) electrons. The number of alkyl halides is 3. The van der Waals surface area contributed by atoms with Crippen LogP contribution in [-0.4, -0.2) is 29.2 Å². The van der Waals surface area contributed by atoms with Gasteiger partial charge in [0.1, 0.15) is 11.4 Å². The van der Waals surface area contributed by atoms with Crippen molar-refractivity contribution in [1.29, 1.82) is 0 Å². The number of fused-ring (bicyclic) bond motifs is 1. The van der Waals surface area contributed by atoms with Gasteiger partial charge in [0, 0.05) is 23.8 Å². The molecule has 0 spiro atoms. The molecule has 1 N–H and O–H groups in total. The van der Waals surface area contributed by atoms with Gasteiger partial charge in [0.2, 0.25) is 0 Å². The number of nitrogens with zero attached hydrogens (tertiary/aromatic N) is 1. The van der Waals surface area contributed by atoms with Crippen LogP contribution in [0.5, 0.6) is 5.75 Å². The summed E-state index contributed by atoms with van der Waals surface area (Å²) >= 11 is 0. The Labute approximate surface area is 185 Å². The first kappa shape index (κ1) is 23.5. The Morgan fingerprint density at radius 3 is 2.38 bits per heavy atom. The smallest absolute Gasteiger partial charge is 0.444 e. The zero-order chi connectivity index (χ0) is 23.5. The van der Waals surface area contributed by atoms with Gasteiger partial charge in [-0.3, -0.25) is 0 Å². The van der Waals surface area contributed by atoms with E-state index in [4.69, 9.17) is 4.74 Å². The molecule has 0 aliphatic rings. The van der Waals surface area contributed by atoms with E-state index < -0.39 is 18.1 Å². The van der Waals surface area contributed by atoms with Gasteiger partial charge >= 0.3 is 12.5 Å². The summed E-state index contributed by atoms with van der Waals surface area (Å²) in [6.07, 6.45) is -1.75. The molecule has 0 aliphatic heterocycles. The van der Waals surface area contributed by atoms with Gasteiger partial charge in [-0.25, -0.2) is 4.79 Å². The van der Waals surface area contributed by atoms with Gasteiger partial charge in [-0.1, -0.05) is 12.1 Å². The second kappa shape index (κ2) is 9.14. The lowest BCUT2D eigenvalue weighted by molar-refractivity contribution is -0.274. The van der Waals surface area contributed by atoms with Crippen molar-refractivity contribution < 1.29 is 27.4 Å². The number of aromatic nitrogens is 1. The highest BCUT2D eigenvalue weighted by Gasteiger charge is 2.31. The molecule has 0 unspecified atom stereocenters. The molecule has 3 aromatic rings. The van der Waals surface area contributed by atoms with Crippen LogP contribution in [0.4, 0.5) is 18.0 Å². The van der Waals surface area contributed by atoms with E-state index in [0.29, 0.717) is 13.0 Å². The van der Waals surface area contributed by atoms with Gasteiger partial charge < -0.3 is 19.4 Å². The minimum atomic E-state index is -4.72. The number of hydrogen-bond donors (Lipinski definition) is 1. The van der Waals surface area contributed by atoms with E-state index in [2.05, 4.69) is 10.1 Å². The summed E-state index contributed by atoms with van der Waals surface area (Å²) in [5.74, 6) is -0.262. The summed E-state index contributed by atoms with van der Waals surface area (Å²) in [5.41, 5.74) is 3.31. The highest BCUT2D eigenvalue weighted by molar-refractivity contribution is 5.86. The number of aryl methyl sites for hydroxylation is 2. The van der Waals surface area contributed by atoms with Crippen LogP contribution in [0.1, 0.15) is 38.3 Å². The predicted molar refractivity (Wildman–Crippen MR) is 117 cm³/mol. The van der Waals surface area contributed by atoms with Gasteiger partial charge in [0.15, 0.2) is 0 Å². The maximum atomic E-state index is 12.4. The van der Waals surface area contributed by atoms with Crippen LogP contribution in [0.25, 0.3) is 16.6 Å². The number of alkyl carbamates (subject to hydrolysis) is 1. The molecule has 1 aromatic heterocycles. The number of nitrogens with one attached hydrogen (secondary N) is 1. The molecular weight excluding hydrogens is 421 g/mol. The fraction of sp³-hybridized carbons (Fsp3) is 0.375. The molecule has 32 heavy (non-hydrogen) atoms. The van der Waals surface area contributed by atoms with Crippen LogP contribution in [0, 0.1) is 6.92 Å². The molecule has 2 aromatic carbocycles. The first-order valence-electron chi connectivity index (χ1n) is 10.3. The average molecular weight is 448 g/mol. The number of ether oxygens (including phenoxy) is 2. The van der Waals surface area contributed by atoms with E-state index in [9.17, 15) is 18.0 Å². The minimum Gasteiger partial charge on any atom is -0.444 e. The number of carbonyl (C=O) groups is 1. The maximum absolute atomic E-state index is 12.4. The number of amides is 1. The third kappa shape index (κ3) is 6.42. The molecule has 0 atom stereocenters. The normalized spacial score (nSPS) is 12.1. The van der Waals surface area contributed by atoms with E-state index in [-0.39, 0.29) is 5.75 Å². The summed E-state index contributed by atoms with van der Waals surface area (Å²) in [6.45, 7) is 7.89. The van der Waals surface area contributed by atoms with Gasteiger partial charge in [0.25, 0.3) is 0 Å². The topological polar surface area (TPSA) is 52.5 Å². The van der Waals surface area contributed by atoms with E-state index in [0.717, 1.165) is 34.1 Å². The Bertz CT molecular complexity index is 1080. The second-order valence-corrected chi connectivity index (χ2v) is 8.62. The maximum Gasteiger partial charge on any atom is 0.573 e. The Morgan fingerprint density at radius 1 is 1.06 bits per heavy atom. The lowest BCUT2D eigenvalue weighted by atomic mass is 10.1. The molecule has 1 amide bonds. The van der Waals surface area contributed by atoms with Crippen LogP contribution >= 0.6 is 0 Å². The average Bonchev–Trinajstić information content (AvgIpc) is 3.01. The number of carbonyl (C=O) groups excluding carboxylic acids is 1. The third-order valence-corrected chi connectivity index (χ3v) is 4.68. The highest BCUT2D eigenvalue weighted by Crippen LogP contribution is 2.29. The molecular formula is C24H27F3N2O3. The summed E-state index contributed by atoms with van der Waals surface area (Å²) in [6, 6.07) is 11.9. The fourth-order valence-electron chi connectivity index (χ4n) is 3.41. The molecule has 172 valence electrons.